The maximum atomic E-state index is 13.7. The molecule has 1 saturated heterocycles. The number of phenols is 2. The van der Waals surface area contributed by atoms with Gasteiger partial charge in [0.1, 0.15) is 11.3 Å². The lowest BCUT2D eigenvalue weighted by atomic mass is 9.86. The largest absolute Gasteiger partial charge is 0.504 e. The van der Waals surface area contributed by atoms with Crippen molar-refractivity contribution in [2.75, 3.05) is 13.2 Å². The van der Waals surface area contributed by atoms with E-state index >= 15 is 0 Å². The topological polar surface area (TPSA) is 119 Å². The molecule has 1 aliphatic heterocycles. The summed E-state index contributed by atoms with van der Waals surface area (Å²) in [4.78, 5) is 27.1. The molecule has 0 aliphatic carbocycles. The lowest BCUT2D eigenvalue weighted by Crippen LogP contribution is -2.54. The molecule has 250 valence electrons. The predicted octanol–water partition coefficient (Wildman–Crippen LogP) is 6.58. The number of carbonyl (C=O) groups excluding carboxylic acids is 2. The minimum atomic E-state index is -6.02. The van der Waals surface area contributed by atoms with Crippen LogP contribution in [0.25, 0.3) is 0 Å². The second-order valence-corrected chi connectivity index (χ2v) is 11.6. The number of rotatable bonds is 13. The van der Waals surface area contributed by atoms with Crippen molar-refractivity contribution in [3.63, 3.8) is 0 Å². The maximum absolute atomic E-state index is 13.7. The number of aromatic hydroxyl groups is 2. The van der Waals surface area contributed by atoms with Gasteiger partial charge in [-0.15, -0.1) is 0 Å². The monoisotopic (exact) mass is 648 g/mol. The molecule has 1 heterocycles. The number of alkyl halides is 6. The van der Waals surface area contributed by atoms with Gasteiger partial charge in [-0.2, -0.15) is 26.3 Å². The van der Waals surface area contributed by atoms with Crippen LogP contribution in [0.4, 0.5) is 31.1 Å². The normalized spacial score (nSPS) is 17.7. The van der Waals surface area contributed by atoms with Crippen LogP contribution in [0.2, 0.25) is 0 Å². The standard InChI is InChI=1S/C31H38F6N2O6/c1-5-9-19-15-22(29(44,30(32,33)34)31(35,36)37)16-20(14-18(3)4)25(19)45-13-8-7-12-39-26(42)28(6-2,38-27(39)43)21-10-11-23(40)24(41)17-21/h10-11,15-18,40-41,44H,5-9,12-14H2,1-4H3,(H,38,43). The van der Waals surface area contributed by atoms with E-state index in [0.717, 1.165) is 4.90 Å². The first kappa shape index (κ1) is 35.8. The number of hydrogen-bond donors (Lipinski definition) is 4. The molecule has 1 fully saturated rings. The van der Waals surface area contributed by atoms with Crippen molar-refractivity contribution in [3.05, 3.63) is 52.6 Å². The van der Waals surface area contributed by atoms with E-state index < -0.39 is 46.7 Å². The fourth-order valence-corrected chi connectivity index (χ4v) is 5.49. The Kier molecular flexibility index (Phi) is 10.6. The molecule has 1 unspecified atom stereocenters. The number of nitrogens with one attached hydrogen (secondary N) is 1. The molecule has 3 rings (SSSR count). The molecule has 14 heteroatoms. The molecule has 45 heavy (non-hydrogen) atoms. The fourth-order valence-electron chi connectivity index (χ4n) is 5.49. The highest BCUT2D eigenvalue weighted by Gasteiger charge is 2.71. The number of benzene rings is 2. The average Bonchev–Trinajstić information content (AvgIpc) is 3.18. The summed E-state index contributed by atoms with van der Waals surface area (Å²) in [5, 5.41) is 32.3. The van der Waals surface area contributed by atoms with E-state index in [0.29, 0.717) is 18.6 Å². The van der Waals surface area contributed by atoms with E-state index in [1.54, 1.807) is 27.7 Å². The lowest BCUT2D eigenvalue weighted by Gasteiger charge is -2.34. The summed E-state index contributed by atoms with van der Waals surface area (Å²) in [7, 11) is 0. The van der Waals surface area contributed by atoms with Gasteiger partial charge in [-0.05, 0) is 79.0 Å². The van der Waals surface area contributed by atoms with Gasteiger partial charge in [0, 0.05) is 12.1 Å². The highest BCUT2D eigenvalue weighted by atomic mass is 19.4. The summed E-state index contributed by atoms with van der Waals surface area (Å²) in [5.41, 5.74) is -7.36. The maximum Gasteiger partial charge on any atom is 0.430 e. The van der Waals surface area contributed by atoms with Gasteiger partial charge in [0.2, 0.25) is 0 Å². The summed E-state index contributed by atoms with van der Waals surface area (Å²) < 4.78 is 88.1. The molecular weight excluding hydrogens is 610 g/mol. The van der Waals surface area contributed by atoms with Crippen molar-refractivity contribution < 1.29 is 56.0 Å². The van der Waals surface area contributed by atoms with Gasteiger partial charge in [0.05, 0.1) is 6.61 Å². The molecule has 8 nitrogen and oxygen atoms in total. The van der Waals surface area contributed by atoms with E-state index in [1.807, 2.05) is 0 Å². The Morgan fingerprint density at radius 2 is 1.56 bits per heavy atom. The Hall–Kier alpha value is -3.68. The first-order valence-corrected chi connectivity index (χ1v) is 14.6. The number of carbonyl (C=O) groups is 2. The van der Waals surface area contributed by atoms with Crippen LogP contribution in [0, 0.1) is 5.92 Å². The molecule has 0 aromatic heterocycles. The molecule has 2 aromatic rings. The molecule has 0 radical (unpaired) electrons. The van der Waals surface area contributed by atoms with Crippen LogP contribution in [0.3, 0.4) is 0 Å². The van der Waals surface area contributed by atoms with E-state index in [-0.39, 0.29) is 79.4 Å². The smallest absolute Gasteiger partial charge is 0.430 e. The zero-order valence-electron chi connectivity index (χ0n) is 25.4. The number of amides is 3. The van der Waals surface area contributed by atoms with E-state index in [9.17, 15) is 51.3 Å². The van der Waals surface area contributed by atoms with Gasteiger partial charge >= 0.3 is 18.4 Å². The summed E-state index contributed by atoms with van der Waals surface area (Å²) in [6, 6.07) is 4.58. The molecule has 1 aliphatic rings. The zero-order chi connectivity index (χ0) is 34.0. The van der Waals surface area contributed by atoms with E-state index in [4.69, 9.17) is 4.74 Å². The quantitative estimate of drug-likeness (QED) is 0.0844. The molecule has 0 saturated carbocycles. The first-order chi connectivity index (χ1) is 20.8. The Labute approximate surface area is 257 Å². The molecule has 2 aromatic carbocycles. The molecule has 0 bridgehead atoms. The summed E-state index contributed by atoms with van der Waals surface area (Å²) in [6.45, 7) is 6.83. The van der Waals surface area contributed by atoms with Crippen molar-refractivity contribution in [2.45, 2.75) is 89.7 Å². The minimum Gasteiger partial charge on any atom is -0.504 e. The Morgan fingerprint density at radius 3 is 2.09 bits per heavy atom. The van der Waals surface area contributed by atoms with Crippen LogP contribution in [0.15, 0.2) is 30.3 Å². The van der Waals surface area contributed by atoms with Gasteiger partial charge in [0.15, 0.2) is 11.5 Å². The number of aryl methyl sites for hydroxylation is 1. The van der Waals surface area contributed by atoms with Gasteiger partial charge in [0.25, 0.3) is 11.5 Å². The number of nitrogens with zero attached hydrogens (tertiary/aromatic N) is 1. The number of imide groups is 1. The van der Waals surface area contributed by atoms with E-state index in [2.05, 4.69) is 5.32 Å². The molecular formula is C31H38F6N2O6. The molecule has 1 atom stereocenters. The Morgan fingerprint density at radius 1 is 0.933 bits per heavy atom. The van der Waals surface area contributed by atoms with Crippen molar-refractivity contribution in [1.29, 1.82) is 0 Å². The number of phenolic OH excluding ortho intramolecular Hbond substituents is 2. The minimum absolute atomic E-state index is 0.0103. The van der Waals surface area contributed by atoms with Crippen LogP contribution >= 0.6 is 0 Å². The fraction of sp³-hybridized carbons (Fsp3) is 0.548. The third-order valence-corrected chi connectivity index (χ3v) is 7.83. The van der Waals surface area contributed by atoms with Gasteiger partial charge in [-0.1, -0.05) is 40.2 Å². The van der Waals surface area contributed by atoms with Crippen molar-refractivity contribution in [2.24, 2.45) is 5.92 Å². The lowest BCUT2D eigenvalue weighted by molar-refractivity contribution is -0.376. The molecule has 3 amide bonds. The van der Waals surface area contributed by atoms with E-state index in [1.165, 1.54) is 18.2 Å². The summed E-state index contributed by atoms with van der Waals surface area (Å²) >= 11 is 0. The van der Waals surface area contributed by atoms with Crippen LogP contribution in [-0.4, -0.2) is 57.7 Å². The van der Waals surface area contributed by atoms with Gasteiger partial charge in [-0.25, -0.2) is 4.79 Å². The molecule has 0 spiro atoms. The van der Waals surface area contributed by atoms with Crippen LogP contribution in [-0.2, 0) is 28.8 Å². The number of hydrogen-bond acceptors (Lipinski definition) is 6. The number of aliphatic hydroxyl groups is 1. The van der Waals surface area contributed by atoms with Gasteiger partial charge in [-0.3, -0.25) is 9.69 Å². The highest BCUT2D eigenvalue weighted by Crippen LogP contribution is 2.51. The molecule has 4 N–H and O–H groups in total. The number of urea groups is 1. The average molecular weight is 649 g/mol. The number of halogens is 6. The highest BCUT2D eigenvalue weighted by molar-refractivity contribution is 6.07. The second kappa shape index (κ2) is 13.4. The summed E-state index contributed by atoms with van der Waals surface area (Å²) in [5.74, 6) is -1.41. The van der Waals surface area contributed by atoms with Crippen LogP contribution in [0.5, 0.6) is 17.2 Å². The number of unbranched alkanes of at least 4 members (excludes halogenated alkanes) is 1. The van der Waals surface area contributed by atoms with Crippen molar-refractivity contribution in [3.8, 4) is 17.2 Å². The Bertz CT molecular complexity index is 1380. The zero-order valence-corrected chi connectivity index (χ0v) is 25.4. The Balaban J connectivity index is 1.80. The SMILES string of the molecule is CCCc1cc(C(O)(C(F)(F)F)C(F)(F)F)cc(CC(C)C)c1OCCCCN1C(=O)NC(CC)(c2ccc(O)c(O)c2)C1=O. The first-order valence-electron chi connectivity index (χ1n) is 14.6. The third kappa shape index (κ3) is 6.95. The predicted molar refractivity (Wildman–Crippen MR) is 152 cm³/mol. The van der Waals surface area contributed by atoms with Crippen molar-refractivity contribution in [1.82, 2.24) is 10.2 Å². The number of ether oxygens (including phenoxy) is 1. The van der Waals surface area contributed by atoms with Crippen molar-refractivity contribution >= 4 is 11.9 Å². The van der Waals surface area contributed by atoms with Crippen LogP contribution in [0.1, 0.15) is 75.6 Å². The summed E-state index contributed by atoms with van der Waals surface area (Å²) in [6.07, 6.45) is -10.8. The van der Waals surface area contributed by atoms with Gasteiger partial charge < -0.3 is 25.4 Å². The second-order valence-electron chi connectivity index (χ2n) is 11.6. The van der Waals surface area contributed by atoms with Crippen LogP contribution < -0.4 is 10.1 Å². The third-order valence-electron chi connectivity index (χ3n) is 7.83.